The lowest BCUT2D eigenvalue weighted by molar-refractivity contribution is -0.125. The van der Waals surface area contributed by atoms with Gasteiger partial charge in [0.05, 0.1) is 13.2 Å². The quantitative estimate of drug-likeness (QED) is 0.632. The van der Waals surface area contributed by atoms with Gasteiger partial charge in [0, 0.05) is 26.2 Å². The van der Waals surface area contributed by atoms with E-state index < -0.39 is 15.9 Å². The minimum Gasteiger partial charge on any atom is -0.492 e. The van der Waals surface area contributed by atoms with Crippen molar-refractivity contribution in [2.45, 2.75) is 50.3 Å². The Hall–Kier alpha value is -2.13. The van der Waals surface area contributed by atoms with Crippen molar-refractivity contribution < 1.29 is 22.7 Å². The van der Waals surface area contributed by atoms with Gasteiger partial charge < -0.3 is 15.4 Å². The molecule has 8 nitrogen and oxygen atoms in total. The molecule has 1 aliphatic carbocycles. The molecule has 0 unspecified atom stereocenters. The number of nitrogens with zero attached hydrogens (tertiary/aromatic N) is 1. The van der Waals surface area contributed by atoms with Gasteiger partial charge in [0.15, 0.2) is 0 Å². The van der Waals surface area contributed by atoms with Gasteiger partial charge in [-0.05, 0) is 43.9 Å². The standard InChI is InChI=1S/C20H31N3O5S/c1-4-28-17-11-10-16(13-18(17)29(26,27)23(2)3)22-20(25)14-21-19(24)12-15-8-6-5-7-9-15/h10-11,13,15H,4-9,12,14H2,1-3H3,(H,21,24)(H,22,25). The van der Waals surface area contributed by atoms with Crippen molar-refractivity contribution in [2.24, 2.45) is 5.92 Å². The summed E-state index contributed by atoms with van der Waals surface area (Å²) in [4.78, 5) is 24.2. The largest absolute Gasteiger partial charge is 0.492 e. The van der Waals surface area contributed by atoms with E-state index >= 15 is 0 Å². The van der Waals surface area contributed by atoms with Crippen molar-refractivity contribution in [3.63, 3.8) is 0 Å². The van der Waals surface area contributed by atoms with Gasteiger partial charge in [0.2, 0.25) is 21.8 Å². The second-order valence-electron chi connectivity index (χ2n) is 7.42. The van der Waals surface area contributed by atoms with Gasteiger partial charge in [0.25, 0.3) is 0 Å². The number of anilines is 1. The van der Waals surface area contributed by atoms with E-state index in [4.69, 9.17) is 4.74 Å². The van der Waals surface area contributed by atoms with Gasteiger partial charge in [-0.1, -0.05) is 19.3 Å². The Balaban J connectivity index is 1.98. The van der Waals surface area contributed by atoms with Crippen LogP contribution in [0.2, 0.25) is 0 Å². The Morgan fingerprint density at radius 2 is 1.83 bits per heavy atom. The first kappa shape index (κ1) is 23.2. The molecular weight excluding hydrogens is 394 g/mol. The molecule has 2 rings (SSSR count). The summed E-state index contributed by atoms with van der Waals surface area (Å²) in [7, 11) is -0.885. The van der Waals surface area contributed by atoms with E-state index in [-0.39, 0.29) is 23.1 Å². The van der Waals surface area contributed by atoms with Crippen LogP contribution in [-0.2, 0) is 19.6 Å². The SMILES string of the molecule is CCOc1ccc(NC(=O)CNC(=O)CC2CCCCC2)cc1S(=O)(=O)N(C)C. The number of sulfonamides is 1. The number of ether oxygens (including phenoxy) is 1. The lowest BCUT2D eigenvalue weighted by Crippen LogP contribution is -2.34. The lowest BCUT2D eigenvalue weighted by atomic mass is 9.87. The zero-order chi connectivity index (χ0) is 21.4. The Kier molecular flexibility index (Phi) is 8.45. The zero-order valence-corrected chi connectivity index (χ0v) is 18.2. The lowest BCUT2D eigenvalue weighted by Gasteiger charge is -2.20. The molecule has 0 radical (unpaired) electrons. The summed E-state index contributed by atoms with van der Waals surface area (Å²) < 4.78 is 31.6. The molecule has 29 heavy (non-hydrogen) atoms. The number of benzene rings is 1. The molecule has 9 heteroatoms. The van der Waals surface area contributed by atoms with Crippen LogP contribution in [-0.4, -0.2) is 51.8 Å². The molecule has 1 fully saturated rings. The molecule has 0 heterocycles. The number of rotatable bonds is 9. The molecule has 1 aromatic carbocycles. The van der Waals surface area contributed by atoms with Gasteiger partial charge in [0.1, 0.15) is 10.6 Å². The topological polar surface area (TPSA) is 105 Å². The molecule has 0 bridgehead atoms. The molecule has 0 aliphatic heterocycles. The fourth-order valence-corrected chi connectivity index (χ4v) is 4.42. The minimum absolute atomic E-state index is 0.0246. The molecule has 0 aromatic heterocycles. The molecule has 2 N–H and O–H groups in total. The number of hydrogen-bond acceptors (Lipinski definition) is 5. The summed E-state index contributed by atoms with van der Waals surface area (Å²) in [6, 6.07) is 4.45. The predicted molar refractivity (Wildman–Crippen MR) is 111 cm³/mol. The third kappa shape index (κ3) is 6.71. The molecule has 1 aliphatic rings. The van der Waals surface area contributed by atoms with Crippen molar-refractivity contribution >= 4 is 27.5 Å². The first-order valence-electron chi connectivity index (χ1n) is 10.00. The molecule has 1 aromatic rings. The van der Waals surface area contributed by atoms with E-state index in [2.05, 4.69) is 10.6 Å². The number of amides is 2. The summed E-state index contributed by atoms with van der Waals surface area (Å²) in [5.74, 6) is 0.0747. The summed E-state index contributed by atoms with van der Waals surface area (Å²) in [5, 5.41) is 5.27. The highest BCUT2D eigenvalue weighted by Crippen LogP contribution is 2.29. The van der Waals surface area contributed by atoms with Gasteiger partial charge in [-0.2, -0.15) is 0 Å². The van der Waals surface area contributed by atoms with Crippen LogP contribution in [0.15, 0.2) is 23.1 Å². The van der Waals surface area contributed by atoms with E-state index in [1.54, 1.807) is 13.0 Å². The van der Waals surface area contributed by atoms with E-state index in [1.807, 2.05) is 0 Å². The molecular formula is C20H31N3O5S. The number of carbonyl (C=O) groups excluding carboxylic acids is 2. The first-order chi connectivity index (χ1) is 13.7. The Morgan fingerprint density at radius 1 is 1.14 bits per heavy atom. The van der Waals surface area contributed by atoms with Crippen LogP contribution < -0.4 is 15.4 Å². The second kappa shape index (κ2) is 10.6. The van der Waals surface area contributed by atoms with E-state index in [0.717, 1.165) is 30.0 Å². The highest BCUT2D eigenvalue weighted by Gasteiger charge is 2.23. The predicted octanol–water partition coefficient (Wildman–Crippen LogP) is 2.36. The van der Waals surface area contributed by atoms with Crippen LogP contribution in [0, 0.1) is 5.92 Å². The highest BCUT2D eigenvalue weighted by atomic mass is 32.2. The van der Waals surface area contributed by atoms with Crippen LogP contribution in [0.4, 0.5) is 5.69 Å². The summed E-state index contributed by atoms with van der Waals surface area (Å²) in [5.41, 5.74) is 0.320. The highest BCUT2D eigenvalue weighted by molar-refractivity contribution is 7.89. The number of hydrogen-bond donors (Lipinski definition) is 2. The fourth-order valence-electron chi connectivity index (χ4n) is 3.37. The Morgan fingerprint density at radius 3 is 2.45 bits per heavy atom. The normalized spacial score (nSPS) is 15.2. The number of nitrogens with one attached hydrogen (secondary N) is 2. The van der Waals surface area contributed by atoms with Crippen molar-refractivity contribution in [3.8, 4) is 5.75 Å². The molecule has 0 saturated heterocycles. The Bertz CT molecular complexity index is 817. The van der Waals surface area contributed by atoms with E-state index in [1.165, 1.54) is 32.6 Å². The molecule has 0 spiro atoms. The summed E-state index contributed by atoms with van der Waals surface area (Å²) in [6.07, 6.45) is 6.13. The van der Waals surface area contributed by atoms with Gasteiger partial charge in [-0.3, -0.25) is 9.59 Å². The van der Waals surface area contributed by atoms with Gasteiger partial charge in [-0.15, -0.1) is 0 Å². The average Bonchev–Trinajstić information content (AvgIpc) is 2.68. The monoisotopic (exact) mass is 425 g/mol. The van der Waals surface area contributed by atoms with Crippen LogP contribution in [0.25, 0.3) is 0 Å². The molecule has 0 atom stereocenters. The molecule has 162 valence electrons. The van der Waals surface area contributed by atoms with Crippen molar-refractivity contribution in [1.82, 2.24) is 9.62 Å². The molecule has 1 saturated carbocycles. The maximum absolute atomic E-state index is 12.5. The van der Waals surface area contributed by atoms with Crippen molar-refractivity contribution in [1.29, 1.82) is 0 Å². The van der Waals surface area contributed by atoms with Crippen molar-refractivity contribution in [2.75, 3.05) is 32.6 Å². The summed E-state index contributed by atoms with van der Waals surface area (Å²) >= 11 is 0. The van der Waals surface area contributed by atoms with E-state index in [0.29, 0.717) is 24.6 Å². The van der Waals surface area contributed by atoms with Gasteiger partial charge >= 0.3 is 0 Å². The average molecular weight is 426 g/mol. The smallest absolute Gasteiger partial charge is 0.246 e. The summed E-state index contributed by atoms with van der Waals surface area (Å²) in [6.45, 7) is 1.92. The van der Waals surface area contributed by atoms with Crippen LogP contribution in [0.5, 0.6) is 5.75 Å². The van der Waals surface area contributed by atoms with Crippen LogP contribution in [0.1, 0.15) is 45.4 Å². The minimum atomic E-state index is -3.74. The van der Waals surface area contributed by atoms with E-state index in [9.17, 15) is 18.0 Å². The third-order valence-corrected chi connectivity index (χ3v) is 6.77. The van der Waals surface area contributed by atoms with Crippen molar-refractivity contribution in [3.05, 3.63) is 18.2 Å². The second-order valence-corrected chi connectivity index (χ2v) is 9.54. The number of carbonyl (C=O) groups is 2. The fraction of sp³-hybridized carbons (Fsp3) is 0.600. The maximum Gasteiger partial charge on any atom is 0.246 e. The Labute approximate surface area is 173 Å². The van der Waals surface area contributed by atoms with Crippen LogP contribution >= 0.6 is 0 Å². The first-order valence-corrected chi connectivity index (χ1v) is 11.4. The maximum atomic E-state index is 12.5. The zero-order valence-electron chi connectivity index (χ0n) is 17.4. The third-order valence-electron chi connectivity index (χ3n) is 4.93. The molecule has 2 amide bonds. The van der Waals surface area contributed by atoms with Crippen LogP contribution in [0.3, 0.4) is 0 Å². The van der Waals surface area contributed by atoms with Gasteiger partial charge in [-0.25, -0.2) is 12.7 Å².